The molecular formula is C22H30N2. The molecule has 0 bridgehead atoms. The summed E-state index contributed by atoms with van der Waals surface area (Å²) in [5.74, 6) is 0. The van der Waals surface area contributed by atoms with Crippen molar-refractivity contribution in [3.05, 3.63) is 60.7 Å². The Bertz CT molecular complexity index is 589. The second kappa shape index (κ2) is 6.51. The number of rotatable bonds is 2. The Balaban J connectivity index is 1.95. The van der Waals surface area contributed by atoms with Gasteiger partial charge < -0.3 is 9.80 Å². The Hall–Kier alpha value is -1.96. The van der Waals surface area contributed by atoms with E-state index in [1.165, 1.54) is 17.8 Å². The van der Waals surface area contributed by atoms with Crippen molar-refractivity contribution < 1.29 is 0 Å². The lowest BCUT2D eigenvalue weighted by Crippen LogP contribution is -2.50. The van der Waals surface area contributed by atoms with Gasteiger partial charge in [0.15, 0.2) is 0 Å². The zero-order valence-corrected chi connectivity index (χ0v) is 15.5. The summed E-state index contributed by atoms with van der Waals surface area (Å²) in [4.78, 5) is 5.06. The number of nitrogens with zero attached hydrogens (tertiary/aromatic N) is 2. The van der Waals surface area contributed by atoms with E-state index in [0.29, 0.717) is 10.8 Å². The Kier molecular flexibility index (Phi) is 4.58. The first-order valence-electron chi connectivity index (χ1n) is 8.95. The van der Waals surface area contributed by atoms with Crippen molar-refractivity contribution in [1.82, 2.24) is 0 Å². The fraction of sp³-hybridized carbons (Fsp3) is 0.455. The van der Waals surface area contributed by atoms with Crippen molar-refractivity contribution in [2.45, 2.75) is 34.1 Å². The Morgan fingerprint density at radius 2 is 1.00 bits per heavy atom. The van der Waals surface area contributed by atoms with E-state index in [0.717, 1.165) is 19.8 Å². The van der Waals surface area contributed by atoms with E-state index in [1.807, 2.05) is 0 Å². The standard InChI is InChI=1S/C22H30N2/c1-21(2)15-22(3,4)17-24(20-13-9-6-10-14-20)18-23(16-21)19-11-7-5-8-12-19/h5-14H,15-18H2,1-4H3. The Morgan fingerprint density at radius 3 is 1.38 bits per heavy atom. The monoisotopic (exact) mass is 322 g/mol. The summed E-state index contributed by atoms with van der Waals surface area (Å²) in [6.45, 7) is 12.7. The zero-order valence-electron chi connectivity index (χ0n) is 15.5. The highest BCUT2D eigenvalue weighted by Crippen LogP contribution is 2.39. The molecule has 1 aliphatic rings. The van der Waals surface area contributed by atoms with E-state index in [9.17, 15) is 0 Å². The Morgan fingerprint density at radius 1 is 0.625 bits per heavy atom. The summed E-state index contributed by atoms with van der Waals surface area (Å²) in [6.07, 6.45) is 1.21. The molecular weight excluding hydrogens is 292 g/mol. The van der Waals surface area contributed by atoms with Crippen LogP contribution < -0.4 is 9.80 Å². The second-order valence-electron chi connectivity index (χ2n) is 8.71. The molecule has 0 aromatic heterocycles. The number of hydrogen-bond donors (Lipinski definition) is 0. The van der Waals surface area contributed by atoms with Gasteiger partial charge in [0.1, 0.15) is 0 Å². The van der Waals surface area contributed by atoms with Crippen LogP contribution in [0.5, 0.6) is 0 Å². The highest BCUT2D eigenvalue weighted by molar-refractivity contribution is 5.52. The molecule has 0 saturated carbocycles. The summed E-state index contributed by atoms with van der Waals surface area (Å²) >= 11 is 0. The largest absolute Gasteiger partial charge is 0.353 e. The summed E-state index contributed by atoms with van der Waals surface area (Å²) in [5.41, 5.74) is 3.21. The number of anilines is 2. The van der Waals surface area contributed by atoms with Crippen molar-refractivity contribution in [3.8, 4) is 0 Å². The van der Waals surface area contributed by atoms with Crippen molar-refractivity contribution >= 4 is 11.4 Å². The minimum atomic E-state index is 0.294. The van der Waals surface area contributed by atoms with Crippen LogP contribution in [0.4, 0.5) is 11.4 Å². The number of para-hydroxylation sites is 2. The van der Waals surface area contributed by atoms with Crippen LogP contribution in [0, 0.1) is 10.8 Å². The lowest BCUT2D eigenvalue weighted by molar-refractivity contribution is 0.188. The lowest BCUT2D eigenvalue weighted by atomic mass is 9.73. The van der Waals surface area contributed by atoms with Gasteiger partial charge in [-0.3, -0.25) is 0 Å². The fourth-order valence-corrected chi connectivity index (χ4v) is 4.37. The maximum atomic E-state index is 2.53. The van der Waals surface area contributed by atoms with Gasteiger partial charge in [0.25, 0.3) is 0 Å². The highest BCUT2D eigenvalue weighted by Gasteiger charge is 2.35. The summed E-state index contributed by atoms with van der Waals surface area (Å²) in [7, 11) is 0. The van der Waals surface area contributed by atoms with Gasteiger partial charge in [-0.15, -0.1) is 0 Å². The fourth-order valence-electron chi connectivity index (χ4n) is 4.37. The lowest BCUT2D eigenvalue weighted by Gasteiger charge is -2.47. The molecule has 2 nitrogen and oxygen atoms in total. The smallest absolute Gasteiger partial charge is 0.0903 e. The first-order valence-corrected chi connectivity index (χ1v) is 8.95. The molecule has 0 amide bonds. The molecule has 2 heteroatoms. The predicted octanol–water partition coefficient (Wildman–Crippen LogP) is 5.41. The zero-order chi connectivity index (χ0) is 17.2. The molecule has 1 fully saturated rings. The molecule has 0 atom stereocenters. The first kappa shape index (κ1) is 16.9. The summed E-state index contributed by atoms with van der Waals surface area (Å²) < 4.78 is 0. The van der Waals surface area contributed by atoms with Gasteiger partial charge in [0.2, 0.25) is 0 Å². The normalized spacial score (nSPS) is 20.3. The average Bonchev–Trinajstić information content (AvgIpc) is 2.52. The topological polar surface area (TPSA) is 6.48 Å². The highest BCUT2D eigenvalue weighted by atomic mass is 15.3. The molecule has 0 N–H and O–H groups in total. The van der Waals surface area contributed by atoms with E-state index in [4.69, 9.17) is 0 Å². The number of benzene rings is 2. The van der Waals surface area contributed by atoms with E-state index in [2.05, 4.69) is 98.2 Å². The quantitative estimate of drug-likeness (QED) is 0.729. The van der Waals surface area contributed by atoms with Crippen molar-refractivity contribution in [3.63, 3.8) is 0 Å². The Labute approximate surface area is 147 Å². The van der Waals surface area contributed by atoms with Crippen LogP contribution in [0.3, 0.4) is 0 Å². The van der Waals surface area contributed by atoms with Crippen molar-refractivity contribution in [2.75, 3.05) is 29.6 Å². The van der Waals surface area contributed by atoms with Gasteiger partial charge >= 0.3 is 0 Å². The molecule has 1 aliphatic heterocycles. The van der Waals surface area contributed by atoms with Gasteiger partial charge in [0, 0.05) is 24.5 Å². The molecule has 24 heavy (non-hydrogen) atoms. The molecule has 3 rings (SSSR count). The van der Waals surface area contributed by atoms with Crippen LogP contribution in [0.1, 0.15) is 34.1 Å². The molecule has 0 aliphatic carbocycles. The molecule has 2 aromatic carbocycles. The average molecular weight is 322 g/mol. The first-order chi connectivity index (χ1) is 11.3. The van der Waals surface area contributed by atoms with Crippen molar-refractivity contribution in [2.24, 2.45) is 10.8 Å². The molecule has 1 heterocycles. The van der Waals surface area contributed by atoms with Crippen LogP contribution in [0.25, 0.3) is 0 Å². The summed E-state index contributed by atoms with van der Waals surface area (Å²) in [5, 5.41) is 0. The minimum Gasteiger partial charge on any atom is -0.353 e. The molecule has 128 valence electrons. The minimum absolute atomic E-state index is 0.294. The molecule has 0 unspecified atom stereocenters. The van der Waals surface area contributed by atoms with E-state index in [-0.39, 0.29) is 0 Å². The van der Waals surface area contributed by atoms with E-state index < -0.39 is 0 Å². The van der Waals surface area contributed by atoms with Crippen LogP contribution >= 0.6 is 0 Å². The molecule has 1 saturated heterocycles. The molecule has 0 radical (unpaired) electrons. The maximum Gasteiger partial charge on any atom is 0.0903 e. The third-order valence-electron chi connectivity index (χ3n) is 4.78. The van der Waals surface area contributed by atoms with Gasteiger partial charge in [-0.2, -0.15) is 0 Å². The van der Waals surface area contributed by atoms with Crippen LogP contribution in [0.15, 0.2) is 60.7 Å². The van der Waals surface area contributed by atoms with E-state index in [1.54, 1.807) is 0 Å². The number of hydrogen-bond acceptors (Lipinski definition) is 2. The van der Waals surface area contributed by atoms with Gasteiger partial charge in [-0.25, -0.2) is 0 Å². The molecule has 0 spiro atoms. The van der Waals surface area contributed by atoms with Crippen LogP contribution in [0.2, 0.25) is 0 Å². The third kappa shape index (κ3) is 4.11. The molecule has 2 aromatic rings. The SMILES string of the molecule is CC1(C)CN(c2ccccc2)CN(c2ccccc2)CC(C)(C)C1. The second-order valence-corrected chi connectivity index (χ2v) is 8.71. The van der Waals surface area contributed by atoms with Gasteiger partial charge in [-0.1, -0.05) is 64.1 Å². The van der Waals surface area contributed by atoms with Crippen LogP contribution in [-0.4, -0.2) is 19.8 Å². The summed E-state index contributed by atoms with van der Waals surface area (Å²) in [6, 6.07) is 21.6. The van der Waals surface area contributed by atoms with Crippen LogP contribution in [-0.2, 0) is 0 Å². The predicted molar refractivity (Wildman–Crippen MR) is 105 cm³/mol. The van der Waals surface area contributed by atoms with Gasteiger partial charge in [-0.05, 0) is 41.5 Å². The maximum absolute atomic E-state index is 2.53. The third-order valence-corrected chi connectivity index (χ3v) is 4.78. The van der Waals surface area contributed by atoms with Crippen molar-refractivity contribution in [1.29, 1.82) is 0 Å². The van der Waals surface area contributed by atoms with E-state index >= 15 is 0 Å². The van der Waals surface area contributed by atoms with Gasteiger partial charge in [0.05, 0.1) is 6.67 Å².